The van der Waals surface area contributed by atoms with Crippen LogP contribution in [0.15, 0.2) is 38.1 Å². The number of amidine groups is 2. The molecule has 2 heterocycles. The van der Waals surface area contributed by atoms with Gasteiger partial charge in [-0.05, 0) is 30.5 Å². The average Bonchev–Trinajstić information content (AvgIpc) is 3.22. The number of anilines is 1. The van der Waals surface area contributed by atoms with Gasteiger partial charge in [0.05, 0.1) is 11.3 Å². The third-order valence-corrected chi connectivity index (χ3v) is 5.73. The van der Waals surface area contributed by atoms with Crippen LogP contribution in [0.2, 0.25) is 0 Å². The van der Waals surface area contributed by atoms with Gasteiger partial charge in [-0.2, -0.15) is 8.42 Å². The number of carbonyl (C=O) groups excluding carboxylic acids is 1. The quantitative estimate of drug-likeness (QED) is 0.458. The van der Waals surface area contributed by atoms with E-state index in [1.54, 1.807) is 19.1 Å². The molecule has 3 rings (SSSR count). The monoisotopic (exact) mass is 471 g/mol. The molecule has 1 aliphatic rings. The van der Waals surface area contributed by atoms with Gasteiger partial charge in [0.2, 0.25) is 0 Å². The first-order chi connectivity index (χ1) is 15.2. The topological polar surface area (TPSA) is 137 Å². The van der Waals surface area contributed by atoms with Crippen LogP contribution in [0.4, 0.5) is 5.69 Å². The fraction of sp³-hybridized carbons (Fsp3) is 0.381. The molecule has 1 amide bonds. The summed E-state index contributed by atoms with van der Waals surface area (Å²) < 4.78 is 36.2. The summed E-state index contributed by atoms with van der Waals surface area (Å²) in [5, 5.41) is 13.4. The van der Waals surface area contributed by atoms with Crippen molar-refractivity contribution in [3.8, 4) is 5.75 Å². The molecule has 1 aromatic carbocycles. The first-order valence-electron chi connectivity index (χ1n) is 10.1. The lowest BCUT2D eigenvalue weighted by molar-refractivity contribution is 0.0826. The van der Waals surface area contributed by atoms with Gasteiger partial charge in [0.1, 0.15) is 25.4 Å². The molecule has 0 unspecified atom stereocenters. The summed E-state index contributed by atoms with van der Waals surface area (Å²) in [6.45, 7) is 7.63. The fourth-order valence-electron chi connectivity index (χ4n) is 3.22. The van der Waals surface area contributed by atoms with Gasteiger partial charge in [0, 0.05) is 14.1 Å². The van der Waals surface area contributed by atoms with E-state index in [9.17, 15) is 18.3 Å². The third kappa shape index (κ3) is 5.21. The minimum atomic E-state index is -4.06. The number of nitrogens with one attached hydrogen (secondary N) is 2. The summed E-state index contributed by atoms with van der Waals surface area (Å²) in [4.78, 5) is 18.3. The molecule has 0 aliphatic carbocycles. The zero-order valence-corrected chi connectivity index (χ0v) is 20.1. The van der Waals surface area contributed by atoms with Crippen molar-refractivity contribution in [1.29, 1.82) is 0 Å². The molecule has 1 aromatic heterocycles. The Hall–Kier alpha value is -3.28. The van der Waals surface area contributed by atoms with E-state index < -0.39 is 33.3 Å². The largest absolute Gasteiger partial charge is 0.505 e. The van der Waals surface area contributed by atoms with Gasteiger partial charge in [-0.15, -0.1) is 4.40 Å². The smallest absolute Gasteiger partial charge is 0.345 e. The molecule has 33 heavy (non-hydrogen) atoms. The van der Waals surface area contributed by atoms with Crippen molar-refractivity contribution in [2.45, 2.75) is 33.7 Å². The number of aryl methyl sites for hydroxylation is 1. The normalized spacial score (nSPS) is 17.4. The van der Waals surface area contributed by atoms with Crippen molar-refractivity contribution in [3.63, 3.8) is 0 Å². The van der Waals surface area contributed by atoms with E-state index >= 15 is 0 Å². The van der Waals surface area contributed by atoms with E-state index in [0.29, 0.717) is 11.5 Å². The Labute approximate surface area is 194 Å². The number of carbonyl (C=O) groups is 1. The lowest BCUT2D eigenvalue weighted by Crippen LogP contribution is -2.33. The summed E-state index contributed by atoms with van der Waals surface area (Å²) in [7, 11) is 4.86. The highest BCUT2D eigenvalue weighted by Gasteiger charge is 2.34. The third-order valence-electron chi connectivity index (χ3n) is 4.85. The number of furan rings is 1. The Morgan fingerprint density at radius 3 is 2.48 bits per heavy atom. The first kappa shape index (κ1) is 24.4. The standard InChI is InChI=1S/C21H26BN5O5S/c1-11-7-10-14(32-11)17(21(2,3)4)24-19-18(25-33(30,31)26-19)23-13-9-8-12(22)15(16(13)28)20(29)27(5)6/h7-10,17,28H,1-6H3,(H,23,25)(H,24,26)/t17-/m0/s1. The van der Waals surface area contributed by atoms with Gasteiger partial charge < -0.3 is 19.7 Å². The number of phenolic OH excluding ortho intramolecular Hbond substituents is 1. The summed E-state index contributed by atoms with van der Waals surface area (Å²) in [6, 6.07) is 5.89. The second kappa shape index (κ2) is 8.58. The number of hydrogen-bond donors (Lipinski definition) is 3. The molecule has 174 valence electrons. The molecule has 2 aromatic rings. The highest BCUT2D eigenvalue weighted by Crippen LogP contribution is 2.37. The molecule has 2 radical (unpaired) electrons. The molecule has 3 N–H and O–H groups in total. The molecular weight excluding hydrogens is 445 g/mol. The molecule has 1 atom stereocenters. The van der Waals surface area contributed by atoms with Gasteiger partial charge >= 0.3 is 10.2 Å². The second-order valence-corrected chi connectivity index (χ2v) is 10.3. The summed E-state index contributed by atoms with van der Waals surface area (Å²) >= 11 is 0. The maximum Gasteiger partial charge on any atom is 0.345 e. The predicted octanol–water partition coefficient (Wildman–Crippen LogP) is 1.63. The Balaban J connectivity index is 2.05. The number of hydrogen-bond acceptors (Lipinski definition) is 7. The number of nitrogens with zero attached hydrogens (tertiary/aromatic N) is 3. The van der Waals surface area contributed by atoms with Crippen LogP contribution in [0.1, 0.15) is 48.7 Å². The Morgan fingerprint density at radius 2 is 1.94 bits per heavy atom. The Kier molecular flexibility index (Phi) is 6.34. The summed E-state index contributed by atoms with van der Waals surface area (Å²) in [5.74, 6) is 0.115. The molecule has 12 heteroatoms. The Morgan fingerprint density at radius 1 is 1.27 bits per heavy atom. The highest BCUT2D eigenvalue weighted by atomic mass is 32.2. The number of amides is 1. The van der Waals surface area contributed by atoms with Crippen LogP contribution in [0.3, 0.4) is 0 Å². The maximum absolute atomic E-state index is 12.4. The fourth-order valence-corrected chi connectivity index (χ4v) is 4.04. The zero-order valence-electron chi connectivity index (χ0n) is 19.3. The van der Waals surface area contributed by atoms with Gasteiger partial charge in [0.25, 0.3) is 5.91 Å². The number of aromatic hydroxyl groups is 1. The lowest BCUT2D eigenvalue weighted by Gasteiger charge is -2.26. The van der Waals surface area contributed by atoms with E-state index in [-0.39, 0.29) is 28.4 Å². The molecule has 0 saturated carbocycles. The van der Waals surface area contributed by atoms with Crippen LogP contribution in [-0.4, -0.2) is 57.9 Å². The van der Waals surface area contributed by atoms with Crippen LogP contribution in [0.5, 0.6) is 5.75 Å². The van der Waals surface area contributed by atoms with Crippen LogP contribution in [-0.2, 0) is 10.2 Å². The number of rotatable bonds is 4. The van der Waals surface area contributed by atoms with Gasteiger partial charge in [0.15, 0.2) is 17.4 Å². The lowest BCUT2D eigenvalue weighted by atomic mass is 9.85. The molecule has 0 saturated heterocycles. The summed E-state index contributed by atoms with van der Waals surface area (Å²) in [5.41, 5.74) is -0.423. The van der Waals surface area contributed by atoms with E-state index in [1.807, 2.05) is 20.8 Å². The average molecular weight is 471 g/mol. The van der Waals surface area contributed by atoms with E-state index in [2.05, 4.69) is 19.4 Å². The van der Waals surface area contributed by atoms with Crippen LogP contribution in [0.25, 0.3) is 0 Å². The number of aliphatic imine (C=N–C) groups is 1. The van der Waals surface area contributed by atoms with Crippen molar-refractivity contribution < 1.29 is 22.7 Å². The molecule has 10 nitrogen and oxygen atoms in total. The Bertz CT molecular complexity index is 1260. The van der Waals surface area contributed by atoms with Crippen LogP contribution < -0.4 is 15.5 Å². The highest BCUT2D eigenvalue weighted by molar-refractivity contribution is 7.89. The van der Waals surface area contributed by atoms with Crippen molar-refractivity contribution in [2.24, 2.45) is 14.8 Å². The van der Waals surface area contributed by atoms with E-state index in [0.717, 1.165) is 0 Å². The van der Waals surface area contributed by atoms with E-state index in [4.69, 9.17) is 12.3 Å². The summed E-state index contributed by atoms with van der Waals surface area (Å²) in [6.07, 6.45) is 0. The van der Waals surface area contributed by atoms with Crippen molar-refractivity contribution in [2.75, 3.05) is 19.4 Å². The molecule has 1 aliphatic heterocycles. The second-order valence-electron chi connectivity index (χ2n) is 8.96. The number of phenols is 1. The van der Waals surface area contributed by atoms with Crippen LogP contribution in [0, 0.1) is 12.3 Å². The molecular formula is C21H26BN5O5S. The minimum Gasteiger partial charge on any atom is -0.505 e. The molecule has 0 fully saturated rings. The van der Waals surface area contributed by atoms with Crippen molar-refractivity contribution in [1.82, 2.24) is 9.62 Å². The molecule has 0 spiro atoms. The first-order valence-corrected chi connectivity index (χ1v) is 11.5. The van der Waals surface area contributed by atoms with Crippen LogP contribution >= 0.6 is 0 Å². The maximum atomic E-state index is 12.4. The van der Waals surface area contributed by atoms with Crippen molar-refractivity contribution in [3.05, 3.63) is 41.3 Å². The SMILES string of the molecule is [B]c1ccc(NC2=NS(=O)(=O)NC2=N[C@@H](c2ccc(C)o2)C(C)(C)C)c(O)c1C(=O)N(C)C. The van der Waals surface area contributed by atoms with Gasteiger partial charge in [-0.3, -0.25) is 9.79 Å². The van der Waals surface area contributed by atoms with E-state index in [1.165, 1.54) is 31.1 Å². The van der Waals surface area contributed by atoms with Crippen molar-refractivity contribution >= 4 is 46.8 Å². The number of benzene rings is 1. The van der Waals surface area contributed by atoms with Gasteiger partial charge in [-0.25, -0.2) is 4.72 Å². The van der Waals surface area contributed by atoms with Gasteiger partial charge in [-0.1, -0.05) is 32.3 Å². The zero-order chi connectivity index (χ0) is 24.7. The minimum absolute atomic E-state index is 0.0425. The predicted molar refractivity (Wildman–Crippen MR) is 128 cm³/mol. The molecule has 0 bridgehead atoms.